The molecule has 3 aliphatic carbocycles. The van der Waals surface area contributed by atoms with Gasteiger partial charge in [0.1, 0.15) is 17.4 Å². The molecule has 0 heterocycles. The van der Waals surface area contributed by atoms with Crippen LogP contribution in [0.5, 0.6) is 5.75 Å². The number of fused-ring (bicyclic) bond motifs is 3. The maximum atomic E-state index is 13.9. The van der Waals surface area contributed by atoms with E-state index in [4.69, 9.17) is 11.5 Å². The number of phenols is 1. The second-order valence-corrected chi connectivity index (χ2v) is 10.7. The molecule has 38 heavy (non-hydrogen) atoms. The number of rotatable bonds is 5. The molecular formula is C25H33N5O8. The molecule has 9 N–H and O–H groups in total. The summed E-state index contributed by atoms with van der Waals surface area (Å²) >= 11 is 0. The predicted octanol–water partition coefficient (Wildman–Crippen LogP) is -1.64. The molecule has 3 amide bonds. The van der Waals surface area contributed by atoms with Crippen molar-refractivity contribution in [2.24, 2.45) is 29.2 Å². The lowest BCUT2D eigenvalue weighted by molar-refractivity contribution is -0.184. The van der Waals surface area contributed by atoms with E-state index in [-0.39, 0.29) is 36.1 Å². The average molecular weight is 532 g/mol. The number of nitrogens with two attached hydrogens (primary N) is 2. The number of carbonyl (C=O) groups excluding carboxylic acids is 4. The first-order valence-corrected chi connectivity index (χ1v) is 12.1. The Labute approximate surface area is 218 Å². The van der Waals surface area contributed by atoms with Crippen LogP contribution in [0.2, 0.25) is 0 Å². The van der Waals surface area contributed by atoms with Crippen LogP contribution < -0.4 is 21.7 Å². The van der Waals surface area contributed by atoms with E-state index in [9.17, 15) is 39.6 Å². The molecule has 2 unspecified atom stereocenters. The fraction of sp³-hybridized carbons (Fsp3) is 0.520. The molecule has 6 atom stereocenters. The number of phenolic OH excluding ortho intramolecular Hbond substituents is 1. The van der Waals surface area contributed by atoms with Crippen molar-refractivity contribution in [3.8, 4) is 5.75 Å². The van der Waals surface area contributed by atoms with Crippen LogP contribution in [0.1, 0.15) is 23.1 Å². The second kappa shape index (κ2) is 9.26. The van der Waals surface area contributed by atoms with Crippen LogP contribution in [0.3, 0.4) is 0 Å². The lowest BCUT2D eigenvalue weighted by Crippen LogP contribution is -2.73. The third-order valence-corrected chi connectivity index (χ3v) is 8.08. The van der Waals surface area contributed by atoms with Crippen molar-refractivity contribution in [1.29, 1.82) is 0 Å². The standard InChI is InChI=1S/C25H33N5O8/c1-29(2)13-7-10(8-28-24(27)37)18(31)15-11(13)5-9-6-12-17(30(3)4)20(33)16(23(26)36)22(35)25(12,38)21(34)14(9)19(15)32/h7,9,12,16-17,20,31-33,38H,5-6,8H2,1-4H3,(H2,26,36)(H3,27,28,37)/t9-,12-,16?,17-,20?,25-/m1/s1. The molecule has 0 aromatic heterocycles. The number of hydrogen-bond acceptors (Lipinski definition) is 10. The SMILES string of the molecule is CN(C)c1cc(CNC(N)=O)c(O)c2c1C[C@@H]1C[C@@H]3[C@@H](N(C)C)C(O)C(C(N)=O)C(=O)[C@]3(O)C(=O)C1=C2O. The number of benzene rings is 1. The van der Waals surface area contributed by atoms with Crippen LogP contribution >= 0.6 is 0 Å². The normalized spacial score (nSPS) is 30.4. The number of aromatic hydroxyl groups is 1. The van der Waals surface area contributed by atoms with Crippen molar-refractivity contribution >= 4 is 35.0 Å². The van der Waals surface area contributed by atoms with Gasteiger partial charge < -0.3 is 47.0 Å². The monoisotopic (exact) mass is 531 g/mol. The van der Waals surface area contributed by atoms with E-state index in [1.165, 1.54) is 4.90 Å². The van der Waals surface area contributed by atoms with Gasteiger partial charge in [-0.05, 0) is 44.5 Å². The largest absolute Gasteiger partial charge is 0.507 e. The highest BCUT2D eigenvalue weighted by Gasteiger charge is 2.67. The van der Waals surface area contributed by atoms with E-state index in [1.54, 1.807) is 39.2 Å². The molecular weight excluding hydrogens is 498 g/mol. The number of Topliss-reactive ketones (excluding diaryl/α,β-unsaturated/α-hetero) is 2. The highest BCUT2D eigenvalue weighted by molar-refractivity contribution is 6.25. The Morgan fingerprint density at radius 1 is 1.16 bits per heavy atom. The van der Waals surface area contributed by atoms with Crippen LogP contribution in [0.25, 0.3) is 5.76 Å². The summed E-state index contributed by atoms with van der Waals surface area (Å²) in [4.78, 5) is 54.0. The van der Waals surface area contributed by atoms with Gasteiger partial charge in [0.2, 0.25) is 11.7 Å². The Hall–Kier alpha value is -3.68. The van der Waals surface area contributed by atoms with Crippen molar-refractivity contribution in [2.45, 2.75) is 37.1 Å². The van der Waals surface area contributed by atoms with Gasteiger partial charge in [-0.3, -0.25) is 14.4 Å². The van der Waals surface area contributed by atoms with Crippen molar-refractivity contribution in [3.63, 3.8) is 0 Å². The number of primary amides is 2. The van der Waals surface area contributed by atoms with Crippen molar-refractivity contribution < 1.29 is 39.6 Å². The van der Waals surface area contributed by atoms with Gasteiger partial charge >= 0.3 is 6.03 Å². The molecule has 206 valence electrons. The molecule has 13 nitrogen and oxygen atoms in total. The zero-order valence-electron chi connectivity index (χ0n) is 21.6. The summed E-state index contributed by atoms with van der Waals surface area (Å²) in [7, 11) is 6.69. The Morgan fingerprint density at radius 3 is 2.32 bits per heavy atom. The van der Waals surface area contributed by atoms with Gasteiger partial charge in [0.05, 0.1) is 11.7 Å². The molecule has 0 aliphatic heterocycles. The third kappa shape index (κ3) is 3.80. The van der Waals surface area contributed by atoms with Gasteiger partial charge in [0, 0.05) is 49.4 Å². The number of nitrogens with zero attached hydrogens (tertiary/aromatic N) is 2. The van der Waals surface area contributed by atoms with Gasteiger partial charge in [-0.15, -0.1) is 0 Å². The summed E-state index contributed by atoms with van der Waals surface area (Å²) in [6, 6.07) is -0.158. The number of hydrogen-bond donors (Lipinski definition) is 7. The van der Waals surface area contributed by atoms with Crippen molar-refractivity contribution in [2.75, 3.05) is 33.1 Å². The lowest BCUT2D eigenvalue weighted by atomic mass is 9.54. The van der Waals surface area contributed by atoms with E-state index in [0.717, 1.165) is 0 Å². The molecule has 1 aromatic carbocycles. The first kappa shape index (κ1) is 27.4. The van der Waals surface area contributed by atoms with Crippen molar-refractivity contribution in [1.82, 2.24) is 10.2 Å². The fourth-order valence-corrected chi connectivity index (χ4v) is 6.42. The zero-order chi connectivity index (χ0) is 28.4. The number of likely N-dealkylation sites (N-methyl/N-ethyl adjacent to an activating group) is 1. The fourth-order valence-electron chi connectivity index (χ4n) is 6.42. The van der Waals surface area contributed by atoms with E-state index in [0.29, 0.717) is 11.3 Å². The molecule has 3 aliphatic rings. The van der Waals surface area contributed by atoms with E-state index >= 15 is 0 Å². The average Bonchev–Trinajstić information content (AvgIpc) is 2.80. The van der Waals surface area contributed by atoms with Gasteiger partial charge in [0.25, 0.3) is 0 Å². The number of carbonyl (C=O) groups is 4. The third-order valence-electron chi connectivity index (χ3n) is 8.08. The molecule has 1 aromatic rings. The molecule has 0 saturated heterocycles. The highest BCUT2D eigenvalue weighted by Crippen LogP contribution is 2.53. The highest BCUT2D eigenvalue weighted by atomic mass is 16.3. The number of ketones is 2. The summed E-state index contributed by atoms with van der Waals surface area (Å²) in [5.74, 6) is -8.08. The number of aliphatic hydroxyl groups excluding tert-OH is 2. The first-order valence-electron chi connectivity index (χ1n) is 12.1. The van der Waals surface area contributed by atoms with Gasteiger partial charge in [-0.2, -0.15) is 0 Å². The number of anilines is 1. The summed E-state index contributed by atoms with van der Waals surface area (Å²) in [5.41, 5.74) is 8.88. The smallest absolute Gasteiger partial charge is 0.312 e. The minimum absolute atomic E-state index is 0.0246. The van der Waals surface area contributed by atoms with E-state index in [1.807, 2.05) is 0 Å². The molecule has 0 spiro atoms. The van der Waals surface area contributed by atoms with Crippen LogP contribution in [-0.2, 0) is 27.3 Å². The van der Waals surface area contributed by atoms with Crippen LogP contribution in [0.15, 0.2) is 11.6 Å². The summed E-state index contributed by atoms with van der Waals surface area (Å²) in [5, 5.41) is 47.5. The van der Waals surface area contributed by atoms with Crippen LogP contribution in [0.4, 0.5) is 10.5 Å². The predicted molar refractivity (Wildman–Crippen MR) is 135 cm³/mol. The number of nitrogens with one attached hydrogen (secondary N) is 1. The Bertz CT molecular complexity index is 1270. The Balaban J connectivity index is 1.93. The van der Waals surface area contributed by atoms with Gasteiger partial charge in [-0.25, -0.2) is 4.79 Å². The van der Waals surface area contributed by atoms with Crippen LogP contribution in [-0.4, -0.2) is 94.8 Å². The summed E-state index contributed by atoms with van der Waals surface area (Å²) in [6.45, 7) is -0.164. The number of aliphatic hydroxyl groups is 3. The molecule has 0 bridgehead atoms. The van der Waals surface area contributed by atoms with Crippen LogP contribution in [0, 0.1) is 17.8 Å². The summed E-state index contributed by atoms with van der Waals surface area (Å²) in [6.07, 6.45) is -1.36. The van der Waals surface area contributed by atoms with Gasteiger partial charge in [-0.1, -0.05) is 0 Å². The minimum atomic E-state index is -2.73. The molecule has 4 rings (SSSR count). The Morgan fingerprint density at radius 2 is 1.79 bits per heavy atom. The molecule has 13 heteroatoms. The van der Waals surface area contributed by atoms with Gasteiger partial charge in [0.15, 0.2) is 11.4 Å². The number of urea groups is 1. The first-order chi connectivity index (χ1) is 17.6. The summed E-state index contributed by atoms with van der Waals surface area (Å²) < 4.78 is 0. The molecule has 0 radical (unpaired) electrons. The number of amides is 3. The van der Waals surface area contributed by atoms with E-state index in [2.05, 4.69) is 5.32 Å². The van der Waals surface area contributed by atoms with Crippen molar-refractivity contribution in [3.05, 3.63) is 28.3 Å². The zero-order valence-corrected chi connectivity index (χ0v) is 21.6. The topological polar surface area (TPSA) is 220 Å². The lowest BCUT2D eigenvalue weighted by Gasteiger charge is -2.53. The maximum absolute atomic E-state index is 13.9. The molecule has 2 saturated carbocycles. The Kier molecular flexibility index (Phi) is 6.66. The minimum Gasteiger partial charge on any atom is -0.507 e. The van der Waals surface area contributed by atoms with E-state index < -0.39 is 70.5 Å². The molecule has 2 fully saturated rings. The second-order valence-electron chi connectivity index (χ2n) is 10.7. The maximum Gasteiger partial charge on any atom is 0.312 e. The quantitative estimate of drug-likeness (QED) is 0.215.